The molecule has 1 aromatic heterocycles. The van der Waals surface area contributed by atoms with E-state index >= 15 is 0 Å². The first-order valence-electron chi connectivity index (χ1n) is 8.78. The van der Waals surface area contributed by atoms with Crippen molar-refractivity contribution in [2.24, 2.45) is 4.99 Å². The van der Waals surface area contributed by atoms with Crippen molar-refractivity contribution in [3.8, 4) is 5.69 Å². The number of halogens is 2. The molecule has 2 aromatic carbocycles. The topological polar surface area (TPSA) is 61.5 Å². The third-order valence-corrected chi connectivity index (χ3v) is 4.66. The summed E-state index contributed by atoms with van der Waals surface area (Å²) in [6.07, 6.45) is 0. The summed E-state index contributed by atoms with van der Waals surface area (Å²) in [5, 5.41) is 9.04. The molecule has 1 aliphatic rings. The molecule has 0 bridgehead atoms. The molecule has 0 fully saturated rings. The fourth-order valence-corrected chi connectivity index (χ4v) is 3.32. The Bertz CT molecular complexity index is 1030. The van der Waals surface area contributed by atoms with E-state index in [0.29, 0.717) is 46.7 Å². The molecule has 1 aliphatic heterocycles. The summed E-state index contributed by atoms with van der Waals surface area (Å²) in [6.45, 7) is 1.48. The van der Waals surface area contributed by atoms with Gasteiger partial charge >= 0.3 is 0 Å². The third kappa shape index (κ3) is 3.56. The minimum Gasteiger partial charge on any atom is -0.382 e. The number of rotatable bonds is 6. The fraction of sp³-hybridized carbons (Fsp3) is 0.250. The van der Waals surface area contributed by atoms with Crippen molar-refractivity contribution in [2.45, 2.75) is 13.2 Å². The highest BCUT2D eigenvalue weighted by atomic mass is 35.5. The van der Waals surface area contributed by atoms with E-state index in [1.807, 2.05) is 10.6 Å². The Morgan fingerprint density at radius 3 is 2.79 bits per heavy atom. The second-order valence-electron chi connectivity index (χ2n) is 6.22. The zero-order valence-electron chi connectivity index (χ0n) is 15.2. The summed E-state index contributed by atoms with van der Waals surface area (Å²) < 4.78 is 27.0. The summed E-state index contributed by atoms with van der Waals surface area (Å²) in [4.78, 5) is 4.63. The highest BCUT2D eigenvalue weighted by Gasteiger charge is 2.24. The van der Waals surface area contributed by atoms with Crippen molar-refractivity contribution in [3.05, 3.63) is 76.1 Å². The third-order valence-electron chi connectivity index (χ3n) is 4.42. The maximum atomic E-state index is 14.5. The zero-order valence-corrected chi connectivity index (χ0v) is 16.0. The predicted molar refractivity (Wildman–Crippen MR) is 104 cm³/mol. The number of hydrogen-bond acceptors (Lipinski definition) is 5. The summed E-state index contributed by atoms with van der Waals surface area (Å²) >= 11 is 6.25. The largest absolute Gasteiger partial charge is 0.382 e. The zero-order chi connectivity index (χ0) is 19.5. The Kier molecular flexibility index (Phi) is 5.47. The molecule has 0 saturated heterocycles. The molecule has 0 N–H and O–H groups in total. The van der Waals surface area contributed by atoms with E-state index in [0.717, 1.165) is 5.69 Å². The Labute approximate surface area is 166 Å². The Morgan fingerprint density at radius 1 is 1.11 bits per heavy atom. The van der Waals surface area contributed by atoms with Crippen LogP contribution in [0.2, 0.25) is 5.02 Å². The van der Waals surface area contributed by atoms with Crippen molar-refractivity contribution < 1.29 is 13.9 Å². The minimum atomic E-state index is -0.340. The lowest BCUT2D eigenvalue weighted by Crippen LogP contribution is -2.12. The van der Waals surface area contributed by atoms with E-state index in [1.165, 1.54) is 6.07 Å². The molecule has 144 valence electrons. The van der Waals surface area contributed by atoms with Crippen LogP contribution in [0, 0.1) is 5.82 Å². The van der Waals surface area contributed by atoms with E-state index in [9.17, 15) is 4.39 Å². The molecule has 0 amide bonds. The van der Waals surface area contributed by atoms with E-state index in [1.54, 1.807) is 37.4 Å². The molecule has 2 heterocycles. The van der Waals surface area contributed by atoms with Crippen LogP contribution in [-0.2, 0) is 22.6 Å². The maximum absolute atomic E-state index is 14.5. The number of aliphatic imine (C=N–C) groups is 1. The quantitative estimate of drug-likeness (QED) is 0.593. The minimum absolute atomic E-state index is 0.265. The average molecular weight is 401 g/mol. The van der Waals surface area contributed by atoms with Gasteiger partial charge in [0.25, 0.3) is 0 Å². The highest BCUT2D eigenvalue weighted by Crippen LogP contribution is 2.29. The van der Waals surface area contributed by atoms with Crippen LogP contribution in [0.1, 0.15) is 22.8 Å². The normalized spacial score (nSPS) is 12.9. The molecular formula is C20H18ClFN4O2. The van der Waals surface area contributed by atoms with Gasteiger partial charge in [0.05, 0.1) is 24.6 Å². The van der Waals surface area contributed by atoms with Crippen molar-refractivity contribution in [2.75, 3.05) is 20.3 Å². The van der Waals surface area contributed by atoms with Crippen LogP contribution in [0.25, 0.3) is 5.69 Å². The molecule has 8 heteroatoms. The number of benzene rings is 2. The number of nitrogens with zero attached hydrogens (tertiary/aromatic N) is 4. The molecule has 0 saturated carbocycles. The van der Waals surface area contributed by atoms with Gasteiger partial charge in [-0.05, 0) is 30.3 Å². The van der Waals surface area contributed by atoms with Crippen molar-refractivity contribution in [1.82, 2.24) is 14.8 Å². The first kappa shape index (κ1) is 18.7. The van der Waals surface area contributed by atoms with Crippen molar-refractivity contribution in [3.63, 3.8) is 0 Å². The molecule has 28 heavy (non-hydrogen) atoms. The molecule has 4 rings (SSSR count). The van der Waals surface area contributed by atoms with Crippen LogP contribution in [0.3, 0.4) is 0 Å². The number of aromatic nitrogens is 3. The monoisotopic (exact) mass is 400 g/mol. The van der Waals surface area contributed by atoms with Crippen molar-refractivity contribution >= 4 is 17.3 Å². The van der Waals surface area contributed by atoms with Crippen LogP contribution < -0.4 is 0 Å². The van der Waals surface area contributed by atoms with E-state index < -0.39 is 0 Å². The van der Waals surface area contributed by atoms with Gasteiger partial charge in [0, 0.05) is 23.3 Å². The van der Waals surface area contributed by atoms with E-state index in [4.69, 9.17) is 21.1 Å². The number of hydrogen-bond donors (Lipinski definition) is 0. The number of fused-ring (bicyclic) bond motifs is 3. The second kappa shape index (κ2) is 8.18. The Balaban J connectivity index is 1.80. The number of methoxy groups -OCH3 is 1. The lowest BCUT2D eigenvalue weighted by molar-refractivity contribution is 0.0579. The lowest BCUT2D eigenvalue weighted by atomic mass is 10.00. The van der Waals surface area contributed by atoms with Gasteiger partial charge in [0.15, 0.2) is 11.6 Å². The first-order valence-corrected chi connectivity index (χ1v) is 9.16. The average Bonchev–Trinajstić information content (AvgIpc) is 3.02. The van der Waals surface area contributed by atoms with E-state index in [-0.39, 0.29) is 19.0 Å². The summed E-state index contributed by atoms with van der Waals surface area (Å²) in [7, 11) is 1.62. The Hall–Kier alpha value is -2.61. The smallest absolute Gasteiger partial charge is 0.163 e. The first-order chi connectivity index (χ1) is 13.7. The van der Waals surface area contributed by atoms with Crippen LogP contribution >= 0.6 is 11.6 Å². The summed E-state index contributed by atoms with van der Waals surface area (Å²) in [5.41, 5.74) is 2.46. The Morgan fingerprint density at radius 2 is 1.96 bits per heavy atom. The molecule has 0 atom stereocenters. The predicted octanol–water partition coefficient (Wildman–Crippen LogP) is 3.57. The molecule has 0 radical (unpaired) electrons. The van der Waals surface area contributed by atoms with Gasteiger partial charge in [-0.1, -0.05) is 23.7 Å². The second-order valence-corrected chi connectivity index (χ2v) is 6.66. The van der Waals surface area contributed by atoms with Crippen LogP contribution in [-0.4, -0.2) is 40.8 Å². The molecule has 3 aromatic rings. The molecule has 0 unspecified atom stereocenters. The van der Waals surface area contributed by atoms with Gasteiger partial charge in [0.1, 0.15) is 19.0 Å². The van der Waals surface area contributed by atoms with Gasteiger partial charge in [-0.25, -0.2) is 4.39 Å². The van der Waals surface area contributed by atoms with Gasteiger partial charge in [-0.3, -0.25) is 9.56 Å². The fourth-order valence-electron chi connectivity index (χ4n) is 3.14. The highest BCUT2D eigenvalue weighted by molar-refractivity contribution is 6.31. The van der Waals surface area contributed by atoms with Crippen LogP contribution in [0.4, 0.5) is 4.39 Å². The maximum Gasteiger partial charge on any atom is 0.163 e. The number of ether oxygens (including phenoxy) is 2. The summed E-state index contributed by atoms with van der Waals surface area (Å²) in [6, 6.07) is 12.0. The van der Waals surface area contributed by atoms with Gasteiger partial charge in [-0.2, -0.15) is 0 Å². The van der Waals surface area contributed by atoms with Crippen LogP contribution in [0.15, 0.2) is 47.5 Å². The molecular weight excluding hydrogens is 383 g/mol. The van der Waals surface area contributed by atoms with Crippen molar-refractivity contribution in [1.29, 1.82) is 0 Å². The van der Waals surface area contributed by atoms with Gasteiger partial charge in [-0.15, -0.1) is 10.2 Å². The molecule has 0 aliphatic carbocycles. The summed E-state index contributed by atoms with van der Waals surface area (Å²) in [5.74, 6) is 0.952. The van der Waals surface area contributed by atoms with Gasteiger partial charge < -0.3 is 9.47 Å². The lowest BCUT2D eigenvalue weighted by Gasteiger charge is -2.14. The van der Waals surface area contributed by atoms with Gasteiger partial charge in [0.2, 0.25) is 0 Å². The van der Waals surface area contributed by atoms with Crippen LogP contribution in [0.5, 0.6) is 0 Å². The SMILES string of the molecule is COCCOCc1nnc2n1-c1ccc(Cl)cc1C(c1ccccc1F)=NC2. The molecule has 0 spiro atoms. The van der Waals surface area contributed by atoms with E-state index in [2.05, 4.69) is 15.2 Å². The molecule has 6 nitrogen and oxygen atoms in total. The standard InChI is InChI=1S/C20H18ClFN4O2/c1-27-8-9-28-12-19-25-24-18-11-23-20(14-4-2-3-5-16(14)22)15-10-13(21)6-7-17(15)26(18)19/h2-7,10H,8-9,11-12H2,1H3.